The number of carbonyl (C=O) groups is 1. The lowest BCUT2D eigenvalue weighted by Gasteiger charge is -2.07. The van der Waals surface area contributed by atoms with Crippen molar-refractivity contribution in [2.45, 2.75) is 19.8 Å². The van der Waals surface area contributed by atoms with E-state index in [1.165, 1.54) is 6.07 Å². The molecule has 0 saturated heterocycles. The average molecular weight is 219 g/mol. The predicted molar refractivity (Wildman–Crippen MR) is 59.2 cm³/mol. The van der Waals surface area contributed by atoms with Gasteiger partial charge in [0.15, 0.2) is 5.69 Å². The molecule has 1 heterocycles. The van der Waals surface area contributed by atoms with Gasteiger partial charge in [-0.3, -0.25) is 0 Å². The SMILES string of the molecule is C=C(Nc1nc(C)cc(C(=O)O)n1)C1CC1. The van der Waals surface area contributed by atoms with Gasteiger partial charge in [-0.2, -0.15) is 0 Å². The van der Waals surface area contributed by atoms with Crippen molar-refractivity contribution in [2.24, 2.45) is 5.92 Å². The first-order valence-electron chi connectivity index (χ1n) is 5.11. The minimum absolute atomic E-state index is 0.00130. The second kappa shape index (κ2) is 3.92. The molecular formula is C11H13N3O2. The maximum absolute atomic E-state index is 10.8. The van der Waals surface area contributed by atoms with Crippen molar-refractivity contribution in [3.8, 4) is 0 Å². The lowest BCUT2D eigenvalue weighted by atomic mass is 10.3. The van der Waals surface area contributed by atoms with E-state index in [0.717, 1.165) is 18.5 Å². The molecule has 5 nitrogen and oxygen atoms in total. The second-order valence-electron chi connectivity index (χ2n) is 3.95. The van der Waals surface area contributed by atoms with Crippen molar-refractivity contribution >= 4 is 11.9 Å². The molecule has 0 atom stereocenters. The summed E-state index contributed by atoms with van der Waals surface area (Å²) >= 11 is 0. The molecule has 2 rings (SSSR count). The van der Waals surface area contributed by atoms with Crippen molar-refractivity contribution in [3.05, 3.63) is 29.7 Å². The minimum atomic E-state index is -1.05. The molecule has 1 aromatic heterocycles. The first kappa shape index (κ1) is 10.6. The van der Waals surface area contributed by atoms with Gasteiger partial charge in [-0.05, 0) is 31.7 Å². The average Bonchev–Trinajstić information content (AvgIpc) is 2.99. The standard InChI is InChI=1S/C11H13N3O2/c1-6-5-9(10(15)16)14-11(12-6)13-7(2)8-3-4-8/h5,8H,2-4H2,1H3,(H,15,16)(H,12,13,14). The summed E-state index contributed by atoms with van der Waals surface area (Å²) in [4.78, 5) is 18.8. The Bertz CT molecular complexity index is 453. The number of rotatable bonds is 4. The zero-order valence-electron chi connectivity index (χ0n) is 9.03. The van der Waals surface area contributed by atoms with E-state index in [1.807, 2.05) is 0 Å². The zero-order chi connectivity index (χ0) is 11.7. The number of nitrogens with one attached hydrogen (secondary N) is 1. The van der Waals surface area contributed by atoms with Gasteiger partial charge in [-0.15, -0.1) is 0 Å². The van der Waals surface area contributed by atoms with Gasteiger partial charge in [-0.1, -0.05) is 6.58 Å². The van der Waals surface area contributed by atoms with E-state index in [-0.39, 0.29) is 5.69 Å². The van der Waals surface area contributed by atoms with E-state index >= 15 is 0 Å². The van der Waals surface area contributed by atoms with Crippen LogP contribution in [0.3, 0.4) is 0 Å². The smallest absolute Gasteiger partial charge is 0.354 e. The minimum Gasteiger partial charge on any atom is -0.477 e. The summed E-state index contributed by atoms with van der Waals surface area (Å²) in [6, 6.07) is 1.44. The van der Waals surface area contributed by atoms with Gasteiger partial charge in [0.2, 0.25) is 5.95 Å². The van der Waals surface area contributed by atoms with Crippen LogP contribution in [0.4, 0.5) is 5.95 Å². The molecule has 16 heavy (non-hydrogen) atoms. The Morgan fingerprint density at radius 2 is 2.25 bits per heavy atom. The van der Waals surface area contributed by atoms with Crippen molar-refractivity contribution < 1.29 is 9.90 Å². The van der Waals surface area contributed by atoms with Crippen LogP contribution < -0.4 is 5.32 Å². The van der Waals surface area contributed by atoms with Gasteiger partial charge in [0.1, 0.15) is 0 Å². The number of allylic oxidation sites excluding steroid dienone is 1. The highest BCUT2D eigenvalue weighted by Crippen LogP contribution is 2.35. The van der Waals surface area contributed by atoms with E-state index in [4.69, 9.17) is 5.11 Å². The molecular weight excluding hydrogens is 206 g/mol. The van der Waals surface area contributed by atoms with E-state index in [1.54, 1.807) is 6.92 Å². The van der Waals surface area contributed by atoms with Crippen LogP contribution in [0.25, 0.3) is 0 Å². The lowest BCUT2D eigenvalue weighted by Crippen LogP contribution is -2.09. The summed E-state index contributed by atoms with van der Waals surface area (Å²) in [5, 5.41) is 11.8. The summed E-state index contributed by atoms with van der Waals surface area (Å²) in [5.74, 6) is -0.253. The number of nitrogens with zero attached hydrogens (tertiary/aromatic N) is 2. The Balaban J connectivity index is 2.19. The Morgan fingerprint density at radius 3 is 2.81 bits per heavy atom. The van der Waals surface area contributed by atoms with Crippen molar-refractivity contribution in [3.63, 3.8) is 0 Å². The van der Waals surface area contributed by atoms with E-state index < -0.39 is 5.97 Å². The molecule has 0 spiro atoms. The number of aromatic carboxylic acids is 1. The first-order valence-corrected chi connectivity index (χ1v) is 5.11. The fourth-order valence-electron chi connectivity index (χ4n) is 1.41. The zero-order valence-corrected chi connectivity index (χ0v) is 9.03. The quantitative estimate of drug-likeness (QED) is 0.807. The number of hydrogen-bond acceptors (Lipinski definition) is 4. The van der Waals surface area contributed by atoms with Crippen LogP contribution in [0.1, 0.15) is 29.0 Å². The van der Waals surface area contributed by atoms with Crippen LogP contribution in [0.2, 0.25) is 0 Å². The first-order chi connectivity index (χ1) is 7.56. The second-order valence-corrected chi connectivity index (χ2v) is 3.95. The number of carboxylic acids is 1. The third kappa shape index (κ3) is 2.36. The molecule has 5 heteroatoms. The highest BCUT2D eigenvalue weighted by atomic mass is 16.4. The molecule has 1 saturated carbocycles. The summed E-state index contributed by atoms with van der Waals surface area (Å²) < 4.78 is 0. The molecule has 0 amide bonds. The Morgan fingerprint density at radius 1 is 1.56 bits per heavy atom. The van der Waals surface area contributed by atoms with Gasteiger partial charge in [0.05, 0.1) is 0 Å². The van der Waals surface area contributed by atoms with Crippen LogP contribution in [0.5, 0.6) is 0 Å². The summed E-state index contributed by atoms with van der Waals surface area (Å²) in [6.45, 7) is 5.61. The number of aromatic nitrogens is 2. The van der Waals surface area contributed by atoms with Crippen LogP contribution in [0, 0.1) is 12.8 Å². The van der Waals surface area contributed by atoms with E-state index in [9.17, 15) is 4.79 Å². The molecule has 0 bridgehead atoms. The predicted octanol–water partition coefficient (Wildman–Crippen LogP) is 1.82. The van der Waals surface area contributed by atoms with Crippen molar-refractivity contribution in [1.29, 1.82) is 0 Å². The molecule has 0 unspecified atom stereocenters. The summed E-state index contributed by atoms with van der Waals surface area (Å²) in [6.07, 6.45) is 2.26. The molecule has 0 radical (unpaired) electrons. The number of carboxylic acid groups (broad SMARTS) is 1. The van der Waals surface area contributed by atoms with Gasteiger partial charge >= 0.3 is 5.97 Å². The topological polar surface area (TPSA) is 75.1 Å². The van der Waals surface area contributed by atoms with Gasteiger partial charge in [0, 0.05) is 11.4 Å². The van der Waals surface area contributed by atoms with Crippen LogP contribution in [0.15, 0.2) is 18.3 Å². The fourth-order valence-corrected chi connectivity index (χ4v) is 1.41. The summed E-state index contributed by atoms with van der Waals surface area (Å²) in [5.41, 5.74) is 1.49. The monoisotopic (exact) mass is 219 g/mol. The van der Waals surface area contributed by atoms with Crippen LogP contribution in [-0.2, 0) is 0 Å². The fraction of sp³-hybridized carbons (Fsp3) is 0.364. The molecule has 1 aliphatic carbocycles. The third-order valence-electron chi connectivity index (χ3n) is 2.42. The third-order valence-corrected chi connectivity index (χ3v) is 2.42. The van der Waals surface area contributed by atoms with Gasteiger partial charge in [0.25, 0.3) is 0 Å². The summed E-state index contributed by atoms with van der Waals surface area (Å²) in [7, 11) is 0. The number of hydrogen-bond donors (Lipinski definition) is 2. The van der Waals surface area contributed by atoms with Crippen molar-refractivity contribution in [2.75, 3.05) is 5.32 Å². The maximum atomic E-state index is 10.8. The normalized spacial score (nSPS) is 14.6. The Hall–Kier alpha value is -1.91. The molecule has 84 valence electrons. The highest BCUT2D eigenvalue weighted by Gasteiger charge is 2.25. The van der Waals surface area contributed by atoms with Crippen molar-refractivity contribution in [1.82, 2.24) is 9.97 Å². The maximum Gasteiger partial charge on any atom is 0.354 e. The van der Waals surface area contributed by atoms with Gasteiger partial charge in [-0.25, -0.2) is 14.8 Å². The van der Waals surface area contributed by atoms with Crippen LogP contribution in [-0.4, -0.2) is 21.0 Å². The molecule has 0 aliphatic heterocycles. The number of anilines is 1. The lowest BCUT2D eigenvalue weighted by molar-refractivity contribution is 0.0690. The Kier molecular flexibility index (Phi) is 2.60. The number of aryl methyl sites for hydroxylation is 1. The van der Waals surface area contributed by atoms with Crippen LogP contribution >= 0.6 is 0 Å². The molecule has 1 fully saturated rings. The highest BCUT2D eigenvalue weighted by molar-refractivity contribution is 5.85. The van der Waals surface area contributed by atoms with E-state index in [0.29, 0.717) is 17.6 Å². The van der Waals surface area contributed by atoms with E-state index in [2.05, 4.69) is 21.9 Å². The molecule has 1 aliphatic rings. The molecule has 0 aromatic carbocycles. The molecule has 1 aromatic rings. The van der Waals surface area contributed by atoms with Gasteiger partial charge < -0.3 is 10.4 Å². The largest absolute Gasteiger partial charge is 0.477 e. The molecule has 2 N–H and O–H groups in total. The Labute approximate surface area is 93.2 Å².